The Labute approximate surface area is 214 Å². The number of benzene rings is 2. The van der Waals surface area contributed by atoms with E-state index in [4.69, 9.17) is 27.6 Å². The van der Waals surface area contributed by atoms with Crippen LogP contribution in [0, 0.1) is 5.92 Å². The first-order valence-corrected chi connectivity index (χ1v) is 13.2. The molecule has 7 heteroatoms. The molecule has 1 aromatic heterocycles. The lowest BCUT2D eigenvalue weighted by molar-refractivity contribution is -0.129. The largest absolute Gasteiger partial charge is 0.457 e. The van der Waals surface area contributed by atoms with Gasteiger partial charge in [-0.25, -0.2) is 0 Å². The van der Waals surface area contributed by atoms with E-state index >= 15 is 0 Å². The molecule has 2 heterocycles. The molecule has 1 aliphatic heterocycles. The number of rotatable bonds is 5. The molecule has 5 rings (SSSR count). The minimum Gasteiger partial charge on any atom is -0.457 e. The molecule has 1 amide bonds. The summed E-state index contributed by atoms with van der Waals surface area (Å²) in [6.07, 6.45) is 6.40. The van der Waals surface area contributed by atoms with Crippen molar-refractivity contribution in [3.63, 3.8) is 0 Å². The molecule has 34 heavy (non-hydrogen) atoms. The zero-order chi connectivity index (χ0) is 23.7. The van der Waals surface area contributed by atoms with Crippen LogP contribution in [0.5, 0.6) is 0 Å². The summed E-state index contributed by atoms with van der Waals surface area (Å²) >= 11 is 14.1. The summed E-state index contributed by atoms with van der Waals surface area (Å²) in [6, 6.07) is 19.4. The van der Waals surface area contributed by atoms with Gasteiger partial charge in [0.25, 0.3) is 5.91 Å². The Morgan fingerprint density at radius 2 is 1.82 bits per heavy atom. The lowest BCUT2D eigenvalue weighted by Gasteiger charge is -2.39. The van der Waals surface area contributed by atoms with E-state index in [1.807, 2.05) is 65.6 Å². The van der Waals surface area contributed by atoms with Crippen molar-refractivity contribution in [3.8, 4) is 11.3 Å². The zero-order valence-corrected chi connectivity index (χ0v) is 21.2. The van der Waals surface area contributed by atoms with Crippen molar-refractivity contribution in [1.82, 2.24) is 4.90 Å². The molecule has 2 fully saturated rings. The number of para-hydroxylation sites is 1. The van der Waals surface area contributed by atoms with Crippen molar-refractivity contribution in [3.05, 3.63) is 81.4 Å². The molecule has 0 radical (unpaired) electrons. The van der Waals surface area contributed by atoms with Crippen LogP contribution in [-0.4, -0.2) is 22.3 Å². The molecule has 1 saturated heterocycles. The summed E-state index contributed by atoms with van der Waals surface area (Å²) in [5.41, 5.74) is 1.56. The van der Waals surface area contributed by atoms with E-state index in [-0.39, 0.29) is 17.4 Å². The highest BCUT2D eigenvalue weighted by molar-refractivity contribution is 8.05. The van der Waals surface area contributed by atoms with Crippen molar-refractivity contribution >= 4 is 52.6 Å². The molecule has 1 aliphatic carbocycles. The second-order valence-corrected chi connectivity index (χ2v) is 10.7. The van der Waals surface area contributed by atoms with Gasteiger partial charge in [0.1, 0.15) is 11.5 Å². The summed E-state index contributed by atoms with van der Waals surface area (Å²) in [6.45, 7) is 2.26. The third kappa shape index (κ3) is 4.74. The Balaban J connectivity index is 1.44. The van der Waals surface area contributed by atoms with Crippen LogP contribution < -0.4 is 5.32 Å². The Morgan fingerprint density at radius 1 is 1.03 bits per heavy atom. The number of anilines is 1. The average molecular weight is 513 g/mol. The van der Waals surface area contributed by atoms with Gasteiger partial charge >= 0.3 is 0 Å². The first kappa shape index (κ1) is 23.4. The van der Waals surface area contributed by atoms with Gasteiger partial charge < -0.3 is 14.6 Å². The van der Waals surface area contributed by atoms with Crippen molar-refractivity contribution in [2.24, 2.45) is 5.92 Å². The maximum atomic E-state index is 13.6. The number of hydrogen-bond donors (Lipinski definition) is 1. The third-order valence-corrected chi connectivity index (χ3v) is 8.47. The van der Waals surface area contributed by atoms with E-state index in [9.17, 15) is 4.79 Å². The van der Waals surface area contributed by atoms with Crippen LogP contribution >= 0.6 is 35.0 Å². The SMILES string of the molecule is C[C@@H]1CCCC[C@@H]1N1C(=O)/C(=C/c2ccc(-c3cccc(Cl)c3Cl)o2)SC1Nc1ccccc1. The molecule has 1 saturated carbocycles. The average Bonchev–Trinajstić information content (AvgIpc) is 3.42. The molecule has 1 N–H and O–H groups in total. The lowest BCUT2D eigenvalue weighted by atomic mass is 9.85. The minimum atomic E-state index is -0.163. The normalized spacial score (nSPS) is 24.1. The zero-order valence-electron chi connectivity index (χ0n) is 18.8. The van der Waals surface area contributed by atoms with Crippen LogP contribution in [0.3, 0.4) is 0 Å². The Kier molecular flexibility index (Phi) is 6.96. The third-order valence-electron chi connectivity index (χ3n) is 6.54. The molecule has 2 aromatic carbocycles. The predicted octanol–water partition coefficient (Wildman–Crippen LogP) is 8.14. The number of carbonyl (C=O) groups excluding carboxylic acids is 1. The predicted molar refractivity (Wildman–Crippen MR) is 142 cm³/mol. The molecule has 0 bridgehead atoms. The molecule has 176 valence electrons. The van der Waals surface area contributed by atoms with Crippen molar-refractivity contribution in [1.29, 1.82) is 0 Å². The summed E-state index contributed by atoms with van der Waals surface area (Å²) < 4.78 is 6.05. The minimum absolute atomic E-state index is 0.0518. The van der Waals surface area contributed by atoms with E-state index < -0.39 is 0 Å². The first-order valence-electron chi connectivity index (χ1n) is 11.6. The van der Waals surface area contributed by atoms with Gasteiger partial charge in [-0.15, -0.1) is 0 Å². The van der Waals surface area contributed by atoms with Crippen LogP contribution in [0.2, 0.25) is 10.0 Å². The van der Waals surface area contributed by atoms with Crippen LogP contribution in [0.4, 0.5) is 5.69 Å². The van der Waals surface area contributed by atoms with E-state index in [1.54, 1.807) is 17.8 Å². The van der Waals surface area contributed by atoms with Gasteiger partial charge in [0.2, 0.25) is 0 Å². The number of furan rings is 1. The number of nitrogens with zero attached hydrogens (tertiary/aromatic N) is 1. The monoisotopic (exact) mass is 512 g/mol. The van der Waals surface area contributed by atoms with E-state index in [0.29, 0.717) is 32.4 Å². The van der Waals surface area contributed by atoms with Gasteiger partial charge in [-0.2, -0.15) is 0 Å². The van der Waals surface area contributed by atoms with Crippen LogP contribution in [-0.2, 0) is 4.79 Å². The number of carbonyl (C=O) groups is 1. The number of nitrogens with one attached hydrogen (secondary N) is 1. The van der Waals surface area contributed by atoms with Gasteiger partial charge in [-0.3, -0.25) is 4.79 Å². The summed E-state index contributed by atoms with van der Waals surface area (Å²) in [4.78, 5) is 16.4. The van der Waals surface area contributed by atoms with Crippen molar-refractivity contribution in [2.75, 3.05) is 5.32 Å². The highest BCUT2D eigenvalue weighted by Gasteiger charge is 2.43. The fourth-order valence-corrected chi connectivity index (χ4v) is 6.35. The van der Waals surface area contributed by atoms with Gasteiger partial charge in [0.15, 0.2) is 5.50 Å². The van der Waals surface area contributed by atoms with Crippen molar-refractivity contribution in [2.45, 2.75) is 44.1 Å². The summed E-state index contributed by atoms with van der Waals surface area (Å²) in [7, 11) is 0. The lowest BCUT2D eigenvalue weighted by Crippen LogP contribution is -2.48. The number of hydrogen-bond acceptors (Lipinski definition) is 4. The summed E-state index contributed by atoms with van der Waals surface area (Å²) in [5, 5.41) is 4.49. The number of halogens is 2. The molecule has 3 aromatic rings. The second-order valence-electron chi connectivity index (χ2n) is 8.83. The fourth-order valence-electron chi connectivity index (χ4n) is 4.77. The molecule has 0 spiro atoms. The summed E-state index contributed by atoms with van der Waals surface area (Å²) in [5.74, 6) is 1.75. The molecule has 4 nitrogen and oxygen atoms in total. The molecule has 2 aliphatic rings. The fraction of sp³-hybridized carbons (Fsp3) is 0.296. The van der Waals surface area contributed by atoms with E-state index in [1.165, 1.54) is 6.42 Å². The molecule has 3 atom stereocenters. The van der Waals surface area contributed by atoms with E-state index in [2.05, 4.69) is 12.2 Å². The maximum absolute atomic E-state index is 13.6. The quantitative estimate of drug-likeness (QED) is 0.350. The number of amides is 1. The van der Waals surface area contributed by atoms with Crippen molar-refractivity contribution < 1.29 is 9.21 Å². The van der Waals surface area contributed by atoms with Gasteiger partial charge in [-0.05, 0) is 55.2 Å². The number of thioether (sulfide) groups is 1. The topological polar surface area (TPSA) is 45.5 Å². The highest BCUT2D eigenvalue weighted by Crippen LogP contribution is 2.42. The van der Waals surface area contributed by atoms with Crippen LogP contribution in [0.1, 0.15) is 38.4 Å². The Bertz CT molecular complexity index is 1210. The Morgan fingerprint density at radius 3 is 2.62 bits per heavy atom. The molecular weight excluding hydrogens is 487 g/mol. The van der Waals surface area contributed by atoms with Gasteiger partial charge in [0.05, 0.1) is 15.0 Å². The van der Waals surface area contributed by atoms with E-state index in [0.717, 1.165) is 30.5 Å². The molecule has 1 unspecified atom stereocenters. The first-order chi connectivity index (χ1) is 16.5. The van der Waals surface area contributed by atoms with Crippen LogP contribution in [0.15, 0.2) is 70.0 Å². The smallest absolute Gasteiger partial charge is 0.263 e. The maximum Gasteiger partial charge on any atom is 0.263 e. The Hall–Kier alpha value is -2.34. The van der Waals surface area contributed by atoms with Crippen LogP contribution in [0.25, 0.3) is 17.4 Å². The second kappa shape index (κ2) is 10.1. The van der Waals surface area contributed by atoms with Gasteiger partial charge in [-0.1, -0.05) is 79.0 Å². The standard InChI is InChI=1S/C27H26Cl2N2O2S/c1-17-8-5-6-13-22(17)31-26(32)24(34-27(31)30-18-9-3-2-4-10-18)16-19-14-15-23(33-19)20-11-7-12-21(28)25(20)29/h2-4,7,9-12,14-17,22,27,30H,5-6,8,13H2,1H3/b24-16-/t17-,22+,27?/m1/s1. The highest BCUT2D eigenvalue weighted by atomic mass is 35.5. The molecular formula is C27H26Cl2N2O2S. The van der Waals surface area contributed by atoms with Gasteiger partial charge in [0, 0.05) is 23.4 Å².